The molecule has 19 rings (SSSR count). The predicted molar refractivity (Wildman–Crippen MR) is 438 cm³/mol. The topological polar surface area (TPSA) is 0 Å². The highest BCUT2D eigenvalue weighted by molar-refractivity contribution is 6.30. The van der Waals surface area contributed by atoms with Crippen LogP contribution in [0.4, 0.5) is 0 Å². The predicted octanol–water partition coefficient (Wildman–Crippen LogP) is 28.8. The molecule has 0 N–H and O–H groups in total. The van der Waals surface area contributed by atoms with E-state index in [4.69, 9.17) is 0 Å². The van der Waals surface area contributed by atoms with Crippen LogP contribution in [0.2, 0.25) is 0 Å². The van der Waals surface area contributed by atoms with Crippen molar-refractivity contribution in [1.82, 2.24) is 0 Å². The fraction of sp³-hybridized carbons (Fsp3) is 0.118. The van der Waals surface area contributed by atoms with Crippen LogP contribution in [0.15, 0.2) is 315 Å². The van der Waals surface area contributed by atoms with Crippen LogP contribution in [0.1, 0.15) is 101 Å². The van der Waals surface area contributed by atoms with E-state index in [1.807, 2.05) is 0 Å². The summed E-state index contributed by atoms with van der Waals surface area (Å²) in [7, 11) is 0. The Morgan fingerprint density at radius 3 is 0.588 bits per heavy atom. The van der Waals surface area contributed by atoms with Crippen molar-refractivity contribution in [3.63, 3.8) is 0 Å². The second-order valence-corrected chi connectivity index (χ2v) is 30.5. The van der Waals surface area contributed by atoms with E-state index in [2.05, 4.69) is 371 Å². The van der Waals surface area contributed by atoms with Crippen LogP contribution in [0.3, 0.4) is 0 Å². The summed E-state index contributed by atoms with van der Waals surface area (Å²) in [4.78, 5) is 0. The van der Waals surface area contributed by atoms with Crippen LogP contribution in [0.5, 0.6) is 0 Å². The van der Waals surface area contributed by atoms with Crippen LogP contribution in [0, 0.1) is 0 Å². The lowest BCUT2D eigenvalue weighted by atomic mass is 9.78. The number of hydrogen-bond donors (Lipinski definition) is 0. The molecule has 17 aromatic carbocycles. The van der Waals surface area contributed by atoms with Gasteiger partial charge in [0, 0.05) is 10.8 Å². The Morgan fingerprint density at radius 1 is 0.176 bits per heavy atom. The molecule has 0 atom stereocenters. The van der Waals surface area contributed by atoms with Gasteiger partial charge in [-0.1, -0.05) is 347 Å². The maximum atomic E-state index is 2.53. The van der Waals surface area contributed by atoms with Crippen molar-refractivity contribution in [3.8, 4) is 111 Å². The van der Waals surface area contributed by atoms with Gasteiger partial charge in [0.15, 0.2) is 0 Å². The number of fused-ring (bicyclic) bond motifs is 12. The van der Waals surface area contributed by atoms with Gasteiger partial charge in [-0.2, -0.15) is 0 Å². The van der Waals surface area contributed by atoms with Crippen molar-refractivity contribution in [1.29, 1.82) is 0 Å². The van der Waals surface area contributed by atoms with Crippen molar-refractivity contribution >= 4 is 64.6 Å². The molecule has 0 aromatic heterocycles. The van der Waals surface area contributed by atoms with Gasteiger partial charge in [0.2, 0.25) is 0 Å². The summed E-state index contributed by atoms with van der Waals surface area (Å²) in [6.45, 7) is 18.8. The molecule has 17 aromatic rings. The molecule has 0 heteroatoms. The van der Waals surface area contributed by atoms with Gasteiger partial charge in [-0.25, -0.2) is 0 Å². The Bertz CT molecular complexity index is 6140. The van der Waals surface area contributed by atoms with E-state index in [1.165, 1.54) is 209 Å². The third-order valence-electron chi connectivity index (χ3n) is 23.5. The summed E-state index contributed by atoms with van der Waals surface area (Å²) in [5.41, 5.74) is 33.0. The summed E-state index contributed by atoms with van der Waals surface area (Å²) in [6, 6.07) is 121. The summed E-state index contributed by atoms with van der Waals surface area (Å²) < 4.78 is 0. The van der Waals surface area contributed by atoms with Gasteiger partial charge >= 0.3 is 0 Å². The first kappa shape index (κ1) is 61.4. The smallest absolute Gasteiger partial charge is 0.0159 e. The van der Waals surface area contributed by atoms with Gasteiger partial charge in [0.25, 0.3) is 0 Å². The molecule has 486 valence electrons. The molecule has 2 aliphatic rings. The maximum Gasteiger partial charge on any atom is 0.0159 e. The van der Waals surface area contributed by atoms with Crippen molar-refractivity contribution in [3.05, 3.63) is 349 Å². The summed E-state index contributed by atoms with van der Waals surface area (Å²) >= 11 is 0. The molecule has 102 heavy (non-hydrogen) atoms. The van der Waals surface area contributed by atoms with E-state index in [0.717, 1.165) is 0 Å². The van der Waals surface area contributed by atoms with Crippen LogP contribution >= 0.6 is 0 Å². The van der Waals surface area contributed by atoms with Crippen molar-refractivity contribution in [2.45, 2.75) is 78.1 Å². The first-order valence-corrected chi connectivity index (χ1v) is 36.6. The minimum atomic E-state index is -0.262. The van der Waals surface area contributed by atoms with Crippen molar-refractivity contribution in [2.24, 2.45) is 0 Å². The Kier molecular flexibility index (Phi) is 14.1. The molecule has 0 saturated heterocycles. The third-order valence-corrected chi connectivity index (χ3v) is 23.5. The van der Waals surface area contributed by atoms with Crippen LogP contribution < -0.4 is 0 Å². The molecule has 0 fully saturated rings. The minimum absolute atomic E-state index is 0.240. The summed E-state index contributed by atoms with van der Waals surface area (Å²) in [6.07, 6.45) is 0. The van der Waals surface area contributed by atoms with E-state index >= 15 is 0 Å². The summed E-state index contributed by atoms with van der Waals surface area (Å²) in [5, 5.41) is 15.1. The van der Waals surface area contributed by atoms with Crippen LogP contribution in [-0.2, 0) is 10.8 Å². The summed E-state index contributed by atoms with van der Waals surface area (Å²) in [5.74, 6) is 1.01. The Morgan fingerprint density at radius 2 is 0.353 bits per heavy atom. The van der Waals surface area contributed by atoms with Crippen LogP contribution in [0.25, 0.3) is 176 Å². The molecule has 0 spiro atoms. The van der Waals surface area contributed by atoms with Crippen molar-refractivity contribution in [2.75, 3.05) is 0 Å². The maximum absolute atomic E-state index is 2.53. The zero-order valence-corrected chi connectivity index (χ0v) is 59.2. The largest absolute Gasteiger partial charge is 0.0616 e. The number of hydrogen-bond acceptors (Lipinski definition) is 0. The van der Waals surface area contributed by atoms with Gasteiger partial charge < -0.3 is 0 Å². The van der Waals surface area contributed by atoms with E-state index in [-0.39, 0.29) is 10.8 Å². The molecule has 0 amide bonds. The normalized spacial score (nSPS) is 13.4. The highest BCUT2D eigenvalue weighted by atomic mass is 14.4. The number of rotatable bonds is 10. The second-order valence-electron chi connectivity index (χ2n) is 30.5. The molecule has 0 bridgehead atoms. The zero-order chi connectivity index (χ0) is 68.9. The van der Waals surface area contributed by atoms with Gasteiger partial charge in [-0.15, -0.1) is 0 Å². The zero-order valence-electron chi connectivity index (χ0n) is 59.2. The fourth-order valence-corrected chi connectivity index (χ4v) is 18.1. The average molecular weight is 1300 g/mol. The van der Waals surface area contributed by atoms with Gasteiger partial charge in [0.1, 0.15) is 0 Å². The second kappa shape index (κ2) is 23.5. The Hall–Kier alpha value is -11.7. The lowest BCUT2D eigenvalue weighted by Gasteiger charge is -2.24. The number of benzene rings is 17. The highest BCUT2D eigenvalue weighted by Crippen LogP contribution is 2.57. The van der Waals surface area contributed by atoms with E-state index in [0.29, 0.717) is 11.8 Å². The first-order chi connectivity index (χ1) is 49.8. The van der Waals surface area contributed by atoms with Gasteiger partial charge in [0.05, 0.1) is 0 Å². The quantitative estimate of drug-likeness (QED) is 0.120. The van der Waals surface area contributed by atoms with E-state index in [1.54, 1.807) is 0 Å². The first-order valence-electron chi connectivity index (χ1n) is 36.6. The van der Waals surface area contributed by atoms with Crippen molar-refractivity contribution < 1.29 is 0 Å². The third kappa shape index (κ3) is 9.49. The Labute approximate surface area is 598 Å². The SMILES string of the molecule is CC(C)c1ccc(-c2ccc(-c3c4ccccc4c(-c4ccc5c(c4)C(C)(C)c4cc(-c6ccc7c(c6)C(C)(C)c6cc(-c8c9ccccc9c(-c9c%10ccccc%10c(-c%10ccc(-c%11ccc(C(C)C)cc%11)cc%10)c%10ccccc9%10)c9ccccc89)ccc6-7)ccc4-5)c4ccccc34)cc2)cc1. The molecule has 0 saturated carbocycles. The Balaban J connectivity index is 0.659. The van der Waals surface area contributed by atoms with Gasteiger partial charge in [-0.05, 0) is 245 Å². The van der Waals surface area contributed by atoms with Crippen LogP contribution in [-0.4, -0.2) is 0 Å². The lowest BCUT2D eigenvalue weighted by molar-refractivity contribution is 0.660. The molecule has 0 radical (unpaired) electrons. The average Bonchev–Trinajstić information content (AvgIpc) is 1.58. The monoisotopic (exact) mass is 1300 g/mol. The molecule has 0 unspecified atom stereocenters. The molecule has 0 nitrogen and oxygen atoms in total. The lowest BCUT2D eigenvalue weighted by Crippen LogP contribution is -2.15. The van der Waals surface area contributed by atoms with E-state index in [9.17, 15) is 0 Å². The molecular weight excluding hydrogens is 1230 g/mol. The minimum Gasteiger partial charge on any atom is -0.0616 e. The fourth-order valence-electron chi connectivity index (χ4n) is 18.1. The van der Waals surface area contributed by atoms with E-state index < -0.39 is 0 Å². The molecule has 0 aliphatic heterocycles. The molecule has 0 heterocycles. The molecule has 2 aliphatic carbocycles. The van der Waals surface area contributed by atoms with Gasteiger partial charge in [-0.3, -0.25) is 0 Å². The highest BCUT2D eigenvalue weighted by Gasteiger charge is 2.39. The standard InChI is InChI=1S/C102H78/c1-61(2)63-33-37-65(38-34-63)67-41-45-69(46-42-67)95-79-21-9-11-23-81(79)97(82-24-12-10-22-80(82)95)73-51-55-77-75-53-49-71(57-91(75)101(5,6)93(77)59-73)72-50-54-76-78-56-52-74(60-94(78)102(7,8)92(76)58-72)98-85-27-15-19-31-89(85)100(90-32-20-16-28-86(90)98)99-87-29-17-13-25-83(87)96(84-26-14-18-30-88(84)99)70-47-43-68(44-48-70)66-39-35-64(36-40-66)62(3)4/h9-62H,1-8H3. The molecular formula is C102H78.